The van der Waals surface area contributed by atoms with Gasteiger partial charge in [0, 0.05) is 51.1 Å². The van der Waals surface area contributed by atoms with Crippen LogP contribution in [0.3, 0.4) is 0 Å². The number of carbonyl (C=O) groups is 3. The summed E-state index contributed by atoms with van der Waals surface area (Å²) in [6, 6.07) is 17.7. The second kappa shape index (κ2) is 15.0. The van der Waals surface area contributed by atoms with E-state index in [9.17, 15) is 9.90 Å². The molecule has 2 bridgehead atoms. The Hall–Kier alpha value is -3.44. The highest BCUT2D eigenvalue weighted by Crippen LogP contribution is 2.69. The molecule has 0 radical (unpaired) electrons. The molecule has 9 nitrogen and oxygen atoms in total. The third-order valence-electron chi connectivity index (χ3n) is 10.7. The molecule has 0 saturated carbocycles. The normalized spacial score (nSPS) is 28.6. The topological polar surface area (TPSA) is 93.6 Å². The number of rotatable bonds is 14. The number of hydrogen-bond acceptors (Lipinski definition) is 7. The molecule has 1 spiro atoms. The summed E-state index contributed by atoms with van der Waals surface area (Å²) in [4.78, 5) is 52.3. The monoisotopic (exact) mass is 672 g/mol. The standard InChI is InChI=1S/C38H48N4O5S/c1-4-16-40(19-18-39-20-22-47-23-21-39)37(46)34-38-27(3)24-31(48-38)32(35(44)41(17-5-2)25-28-12-8-6-9-13-28)33(38)36(45)42(34)30(26-43)29-14-10-7-11-15-29/h4-15,27,30-34,43H,1-2,16-26H2,3H3/t27?,30-,31+,32-,33+,34?,38?/m1/s1. The summed E-state index contributed by atoms with van der Waals surface area (Å²) in [5.41, 5.74) is 1.77. The highest BCUT2D eigenvalue weighted by atomic mass is 32.2. The summed E-state index contributed by atoms with van der Waals surface area (Å²) < 4.78 is 4.72. The van der Waals surface area contributed by atoms with Gasteiger partial charge in [0.15, 0.2) is 0 Å². The fraction of sp³-hybridized carbons (Fsp3) is 0.500. The van der Waals surface area contributed by atoms with Crippen LogP contribution in [0.15, 0.2) is 86.0 Å². The molecule has 1 N–H and O–H groups in total. The van der Waals surface area contributed by atoms with E-state index < -0.39 is 28.7 Å². The van der Waals surface area contributed by atoms with Gasteiger partial charge in [-0.25, -0.2) is 0 Å². The Labute approximate surface area is 288 Å². The van der Waals surface area contributed by atoms with Gasteiger partial charge < -0.3 is 24.5 Å². The van der Waals surface area contributed by atoms with Gasteiger partial charge in [0.25, 0.3) is 0 Å². The van der Waals surface area contributed by atoms with Crippen molar-refractivity contribution in [3.05, 3.63) is 97.1 Å². The van der Waals surface area contributed by atoms with Gasteiger partial charge in [-0.1, -0.05) is 79.7 Å². The zero-order valence-corrected chi connectivity index (χ0v) is 28.7. The summed E-state index contributed by atoms with van der Waals surface area (Å²) in [5, 5.41) is 10.8. The third kappa shape index (κ3) is 6.24. The Balaban J connectivity index is 1.39. The smallest absolute Gasteiger partial charge is 0.247 e. The van der Waals surface area contributed by atoms with Crippen LogP contribution in [0.25, 0.3) is 0 Å². The maximum atomic E-state index is 15.1. The van der Waals surface area contributed by atoms with Crippen LogP contribution < -0.4 is 0 Å². The molecule has 0 aromatic heterocycles. The summed E-state index contributed by atoms with van der Waals surface area (Å²) in [7, 11) is 0. The summed E-state index contributed by atoms with van der Waals surface area (Å²) in [6.45, 7) is 14.9. The van der Waals surface area contributed by atoms with Gasteiger partial charge in [-0.2, -0.15) is 0 Å². The Bertz CT molecular complexity index is 1470. The van der Waals surface area contributed by atoms with E-state index in [-0.39, 0.29) is 35.5 Å². The maximum absolute atomic E-state index is 15.1. The van der Waals surface area contributed by atoms with Crippen molar-refractivity contribution in [2.75, 3.05) is 59.1 Å². The number of nitrogens with zero attached hydrogens (tertiary/aromatic N) is 4. The van der Waals surface area contributed by atoms with Crippen molar-refractivity contribution >= 4 is 29.5 Å². The van der Waals surface area contributed by atoms with Gasteiger partial charge in [0.1, 0.15) is 6.04 Å². The second-order valence-corrected chi connectivity index (χ2v) is 15.0. The van der Waals surface area contributed by atoms with Crippen molar-refractivity contribution in [3.8, 4) is 0 Å². The van der Waals surface area contributed by atoms with Gasteiger partial charge in [-0.15, -0.1) is 24.9 Å². The van der Waals surface area contributed by atoms with E-state index in [0.29, 0.717) is 45.9 Å². The van der Waals surface area contributed by atoms with Crippen molar-refractivity contribution < 1.29 is 24.2 Å². The van der Waals surface area contributed by atoms with Gasteiger partial charge in [0.05, 0.1) is 42.4 Å². The van der Waals surface area contributed by atoms with E-state index >= 15 is 9.59 Å². The molecular weight excluding hydrogens is 625 g/mol. The van der Waals surface area contributed by atoms with Crippen molar-refractivity contribution in [2.45, 2.75) is 42.0 Å². The van der Waals surface area contributed by atoms with Crippen LogP contribution >= 0.6 is 11.8 Å². The lowest BCUT2D eigenvalue weighted by Gasteiger charge is -2.42. The number of morpholine rings is 1. The number of aliphatic hydroxyl groups is 1. The van der Waals surface area contributed by atoms with Crippen LogP contribution in [0.2, 0.25) is 0 Å². The molecular formula is C38H48N4O5S. The Morgan fingerprint density at radius 2 is 1.67 bits per heavy atom. The number of thioether (sulfide) groups is 1. The molecule has 3 amide bonds. The second-order valence-electron chi connectivity index (χ2n) is 13.4. The van der Waals surface area contributed by atoms with E-state index in [1.54, 1.807) is 33.7 Å². The predicted molar refractivity (Wildman–Crippen MR) is 188 cm³/mol. The van der Waals surface area contributed by atoms with Crippen molar-refractivity contribution in [2.24, 2.45) is 17.8 Å². The molecule has 256 valence electrons. The number of amides is 3. The van der Waals surface area contributed by atoms with Gasteiger partial charge >= 0.3 is 0 Å². The lowest BCUT2D eigenvalue weighted by atomic mass is 9.65. The van der Waals surface area contributed by atoms with Gasteiger partial charge in [0.2, 0.25) is 17.7 Å². The van der Waals surface area contributed by atoms with E-state index in [0.717, 1.165) is 30.6 Å². The zero-order valence-electron chi connectivity index (χ0n) is 27.9. The van der Waals surface area contributed by atoms with Crippen molar-refractivity contribution in [3.63, 3.8) is 0 Å². The first-order valence-electron chi connectivity index (χ1n) is 17.1. The average molecular weight is 673 g/mol. The molecule has 3 unspecified atom stereocenters. The van der Waals surface area contributed by atoms with Crippen molar-refractivity contribution in [1.29, 1.82) is 0 Å². The number of fused-ring (bicyclic) bond motifs is 1. The molecule has 4 heterocycles. The minimum atomic E-state index is -0.846. The number of carbonyl (C=O) groups excluding carboxylic acids is 3. The SMILES string of the molecule is C=CCN(CCN1CCOCC1)C(=O)C1N([C@H](CO)c2ccccc2)C(=O)[C@@H]2[C@H](C(=O)N(CC=C)Cc3ccccc3)[C@@H]3CC(C)C12S3. The van der Waals surface area contributed by atoms with Crippen LogP contribution in [0.4, 0.5) is 0 Å². The molecule has 6 rings (SSSR count). The molecule has 4 aliphatic heterocycles. The van der Waals surface area contributed by atoms with Crippen molar-refractivity contribution in [1.82, 2.24) is 19.6 Å². The number of benzene rings is 2. The maximum Gasteiger partial charge on any atom is 0.247 e. The quantitative estimate of drug-likeness (QED) is 0.307. The first-order chi connectivity index (χ1) is 23.3. The lowest BCUT2D eigenvalue weighted by molar-refractivity contribution is -0.147. The number of aliphatic hydroxyl groups excluding tert-OH is 1. The molecule has 2 aromatic carbocycles. The molecule has 4 fully saturated rings. The van der Waals surface area contributed by atoms with Crippen LogP contribution in [-0.2, 0) is 25.7 Å². The van der Waals surface area contributed by atoms with E-state index in [2.05, 4.69) is 25.0 Å². The van der Waals surface area contributed by atoms with Crippen LogP contribution in [0, 0.1) is 17.8 Å². The van der Waals surface area contributed by atoms with E-state index in [1.165, 1.54) is 0 Å². The molecule has 4 saturated heterocycles. The largest absolute Gasteiger partial charge is 0.394 e. The predicted octanol–water partition coefficient (Wildman–Crippen LogP) is 3.62. The summed E-state index contributed by atoms with van der Waals surface area (Å²) in [5.74, 6) is -1.71. The molecule has 2 aromatic rings. The summed E-state index contributed by atoms with van der Waals surface area (Å²) in [6.07, 6.45) is 4.20. The molecule has 10 heteroatoms. The third-order valence-corrected chi connectivity index (χ3v) is 12.8. The minimum Gasteiger partial charge on any atom is -0.394 e. The number of hydrogen-bond donors (Lipinski definition) is 1. The number of likely N-dealkylation sites (tertiary alicyclic amines) is 1. The molecule has 7 atom stereocenters. The average Bonchev–Trinajstić information content (AvgIpc) is 3.71. The van der Waals surface area contributed by atoms with Gasteiger partial charge in [-0.05, 0) is 23.5 Å². The fourth-order valence-corrected chi connectivity index (χ4v) is 10.9. The minimum absolute atomic E-state index is 0.00590. The van der Waals surface area contributed by atoms with E-state index in [4.69, 9.17) is 4.74 Å². The first kappa shape index (κ1) is 34.4. The Morgan fingerprint density at radius 3 is 2.31 bits per heavy atom. The molecule has 0 aliphatic carbocycles. The highest BCUT2D eigenvalue weighted by Gasteiger charge is 2.77. The fourth-order valence-electron chi connectivity index (χ4n) is 8.50. The highest BCUT2D eigenvalue weighted by molar-refractivity contribution is 8.02. The first-order valence-corrected chi connectivity index (χ1v) is 18.0. The number of ether oxygens (including phenoxy) is 1. The van der Waals surface area contributed by atoms with Gasteiger partial charge in [-0.3, -0.25) is 19.3 Å². The zero-order chi connectivity index (χ0) is 33.8. The summed E-state index contributed by atoms with van der Waals surface area (Å²) >= 11 is 1.67. The van der Waals surface area contributed by atoms with E-state index in [1.807, 2.05) is 65.6 Å². The Morgan fingerprint density at radius 1 is 1.02 bits per heavy atom. The Kier molecular flexibility index (Phi) is 10.7. The van der Waals surface area contributed by atoms with Crippen LogP contribution in [-0.4, -0.2) is 118 Å². The van der Waals surface area contributed by atoms with Crippen LogP contribution in [0.1, 0.15) is 30.5 Å². The lowest BCUT2D eigenvalue weighted by Crippen LogP contribution is -2.58. The van der Waals surface area contributed by atoms with Crippen LogP contribution in [0.5, 0.6) is 0 Å². The molecule has 4 aliphatic rings. The molecule has 48 heavy (non-hydrogen) atoms.